The molecule has 2 rings (SSSR count). The topological polar surface area (TPSA) is 84.2 Å². The Morgan fingerprint density at radius 1 is 1.10 bits per heavy atom. The Hall–Kier alpha value is -2.82. The Kier molecular flexibility index (Phi) is 4.56. The molecule has 0 aliphatic heterocycles. The maximum Gasteiger partial charge on any atom is 0.253 e. The molecule has 0 saturated carbocycles. The van der Waals surface area contributed by atoms with Gasteiger partial charge in [-0.2, -0.15) is 0 Å². The van der Waals surface area contributed by atoms with E-state index in [9.17, 15) is 9.59 Å². The number of hydrogen-bond acceptors (Lipinski definition) is 3. The molecule has 0 atom stereocenters. The number of nitrogens with two attached hydrogens (primary N) is 1. The number of hydrogen-bond donors (Lipinski definition) is 3. The van der Waals surface area contributed by atoms with Crippen LogP contribution in [0.4, 0.5) is 5.69 Å². The lowest BCUT2D eigenvalue weighted by atomic mass is 10.1. The normalized spacial score (nSPS) is 9.95. The number of nitrogens with one attached hydrogen (secondary N) is 2. The molecule has 2 aromatic carbocycles. The van der Waals surface area contributed by atoms with E-state index in [2.05, 4.69) is 10.6 Å². The Morgan fingerprint density at radius 2 is 1.86 bits per heavy atom. The van der Waals surface area contributed by atoms with Crippen molar-refractivity contribution >= 4 is 17.5 Å². The van der Waals surface area contributed by atoms with Crippen molar-refractivity contribution in [1.29, 1.82) is 0 Å². The molecule has 0 heterocycles. The van der Waals surface area contributed by atoms with Crippen molar-refractivity contribution in [2.75, 3.05) is 12.4 Å². The van der Waals surface area contributed by atoms with Crippen LogP contribution in [0.15, 0.2) is 48.5 Å². The highest BCUT2D eigenvalue weighted by Crippen LogP contribution is 2.14. The minimum Gasteiger partial charge on any atom is -0.387 e. The van der Waals surface area contributed by atoms with E-state index in [-0.39, 0.29) is 5.91 Å². The predicted octanol–water partition coefficient (Wildman–Crippen LogP) is 1.76. The van der Waals surface area contributed by atoms with Crippen LogP contribution in [0.5, 0.6) is 0 Å². The van der Waals surface area contributed by atoms with E-state index in [0.717, 1.165) is 11.3 Å². The van der Waals surface area contributed by atoms with Crippen LogP contribution < -0.4 is 16.4 Å². The number of amides is 2. The molecule has 0 fully saturated rings. The van der Waals surface area contributed by atoms with Crippen LogP contribution in [0.25, 0.3) is 0 Å². The number of carbonyl (C=O) groups is 2. The second-order valence-electron chi connectivity index (χ2n) is 4.54. The summed E-state index contributed by atoms with van der Waals surface area (Å²) in [5.41, 5.74) is 7.82. The van der Waals surface area contributed by atoms with Gasteiger partial charge in [-0.05, 0) is 29.8 Å². The average molecular weight is 283 g/mol. The Bertz CT molecular complexity index is 668. The highest BCUT2D eigenvalue weighted by Gasteiger charge is 2.09. The molecule has 5 nitrogen and oxygen atoms in total. The third-order valence-corrected chi connectivity index (χ3v) is 3.11. The van der Waals surface area contributed by atoms with Crippen molar-refractivity contribution in [3.8, 4) is 0 Å². The minimum atomic E-state index is -0.483. The van der Waals surface area contributed by atoms with E-state index < -0.39 is 5.91 Å². The smallest absolute Gasteiger partial charge is 0.253 e. The van der Waals surface area contributed by atoms with E-state index in [4.69, 9.17) is 5.73 Å². The summed E-state index contributed by atoms with van der Waals surface area (Å²) in [4.78, 5) is 23.3. The molecular weight excluding hydrogens is 266 g/mol. The third-order valence-electron chi connectivity index (χ3n) is 3.11. The number of anilines is 1. The van der Waals surface area contributed by atoms with Crippen molar-refractivity contribution in [2.45, 2.75) is 6.54 Å². The molecule has 21 heavy (non-hydrogen) atoms. The molecule has 0 unspecified atom stereocenters. The second kappa shape index (κ2) is 6.56. The molecule has 0 aromatic heterocycles. The third kappa shape index (κ3) is 3.60. The number of carbonyl (C=O) groups excluding carboxylic acids is 2. The number of para-hydroxylation sites is 1. The molecule has 0 bridgehead atoms. The van der Waals surface area contributed by atoms with Crippen LogP contribution in [0, 0.1) is 0 Å². The van der Waals surface area contributed by atoms with E-state index in [0.29, 0.717) is 17.7 Å². The van der Waals surface area contributed by atoms with Gasteiger partial charge in [-0.1, -0.05) is 24.3 Å². The van der Waals surface area contributed by atoms with Gasteiger partial charge in [-0.15, -0.1) is 0 Å². The summed E-state index contributed by atoms with van der Waals surface area (Å²) in [7, 11) is 1.77. The zero-order valence-corrected chi connectivity index (χ0v) is 11.7. The summed E-state index contributed by atoms with van der Waals surface area (Å²) in [5.74, 6) is -0.659. The molecule has 0 saturated heterocycles. The molecule has 4 N–H and O–H groups in total. The fourth-order valence-corrected chi connectivity index (χ4v) is 2.01. The van der Waals surface area contributed by atoms with Gasteiger partial charge in [0.1, 0.15) is 0 Å². The lowest BCUT2D eigenvalue weighted by Gasteiger charge is -2.10. The minimum absolute atomic E-state index is 0.176. The fourth-order valence-electron chi connectivity index (χ4n) is 2.01. The lowest BCUT2D eigenvalue weighted by Crippen LogP contribution is -2.24. The monoisotopic (exact) mass is 283 g/mol. The van der Waals surface area contributed by atoms with E-state index in [1.165, 1.54) is 0 Å². The standard InChI is InChI=1S/C16H17N3O2/c1-18-14-8-3-2-7-13(14)16(21)19-10-11-5-4-6-12(9-11)15(17)20/h2-9,18H,10H2,1H3,(H2,17,20)(H,19,21). The number of benzene rings is 2. The Balaban J connectivity index is 2.07. The van der Waals surface area contributed by atoms with Crippen LogP contribution in [0.2, 0.25) is 0 Å². The van der Waals surface area contributed by atoms with Gasteiger partial charge >= 0.3 is 0 Å². The van der Waals surface area contributed by atoms with Crippen LogP contribution in [-0.2, 0) is 6.54 Å². The summed E-state index contributed by atoms with van der Waals surface area (Å²) in [5, 5.41) is 5.80. The first-order chi connectivity index (χ1) is 10.1. The maximum atomic E-state index is 12.2. The van der Waals surface area contributed by atoms with Crippen molar-refractivity contribution in [3.05, 3.63) is 65.2 Å². The second-order valence-corrected chi connectivity index (χ2v) is 4.54. The van der Waals surface area contributed by atoms with Crippen molar-refractivity contribution in [3.63, 3.8) is 0 Å². The molecule has 5 heteroatoms. The molecule has 108 valence electrons. The van der Waals surface area contributed by atoms with Crippen LogP contribution in [0.1, 0.15) is 26.3 Å². The molecule has 0 aliphatic rings. The lowest BCUT2D eigenvalue weighted by molar-refractivity contribution is 0.0951. The van der Waals surface area contributed by atoms with E-state index in [1.54, 1.807) is 31.3 Å². The highest BCUT2D eigenvalue weighted by atomic mass is 16.2. The Morgan fingerprint density at radius 3 is 2.57 bits per heavy atom. The molecule has 0 aliphatic carbocycles. The summed E-state index contributed by atoms with van der Waals surface area (Å²) >= 11 is 0. The number of rotatable bonds is 5. The number of primary amides is 1. The first-order valence-corrected chi connectivity index (χ1v) is 6.55. The van der Waals surface area contributed by atoms with Gasteiger partial charge in [0.25, 0.3) is 5.91 Å². The zero-order chi connectivity index (χ0) is 15.2. The van der Waals surface area contributed by atoms with Gasteiger partial charge in [0.2, 0.25) is 5.91 Å². The molecule has 0 radical (unpaired) electrons. The molecule has 2 aromatic rings. The van der Waals surface area contributed by atoms with Gasteiger partial charge in [0.15, 0.2) is 0 Å². The van der Waals surface area contributed by atoms with Gasteiger partial charge in [-0.25, -0.2) is 0 Å². The fraction of sp³-hybridized carbons (Fsp3) is 0.125. The molecular formula is C16H17N3O2. The average Bonchev–Trinajstić information content (AvgIpc) is 2.52. The van der Waals surface area contributed by atoms with Gasteiger partial charge < -0.3 is 16.4 Å². The van der Waals surface area contributed by atoms with Crippen LogP contribution in [0.3, 0.4) is 0 Å². The summed E-state index contributed by atoms with van der Waals surface area (Å²) in [6, 6.07) is 14.1. The first kappa shape index (κ1) is 14.6. The van der Waals surface area contributed by atoms with E-state index in [1.807, 2.05) is 24.3 Å². The van der Waals surface area contributed by atoms with Crippen LogP contribution in [-0.4, -0.2) is 18.9 Å². The van der Waals surface area contributed by atoms with Crippen LogP contribution >= 0.6 is 0 Å². The first-order valence-electron chi connectivity index (χ1n) is 6.55. The maximum absolute atomic E-state index is 12.2. The summed E-state index contributed by atoms with van der Waals surface area (Å²) in [6.07, 6.45) is 0. The summed E-state index contributed by atoms with van der Waals surface area (Å²) < 4.78 is 0. The van der Waals surface area contributed by atoms with Gasteiger partial charge in [0.05, 0.1) is 5.56 Å². The molecule has 0 spiro atoms. The Labute approximate surface area is 123 Å². The van der Waals surface area contributed by atoms with Crippen molar-refractivity contribution < 1.29 is 9.59 Å². The SMILES string of the molecule is CNc1ccccc1C(=O)NCc1cccc(C(N)=O)c1. The van der Waals surface area contributed by atoms with Crippen molar-refractivity contribution in [2.24, 2.45) is 5.73 Å². The van der Waals surface area contributed by atoms with Gasteiger partial charge in [-0.3, -0.25) is 9.59 Å². The van der Waals surface area contributed by atoms with Crippen molar-refractivity contribution in [1.82, 2.24) is 5.32 Å². The zero-order valence-electron chi connectivity index (χ0n) is 11.7. The predicted molar refractivity (Wildman–Crippen MR) is 82.1 cm³/mol. The summed E-state index contributed by atoms with van der Waals surface area (Å²) in [6.45, 7) is 0.331. The highest BCUT2D eigenvalue weighted by molar-refractivity contribution is 5.99. The quantitative estimate of drug-likeness (QED) is 0.781. The van der Waals surface area contributed by atoms with E-state index >= 15 is 0 Å². The van der Waals surface area contributed by atoms with Gasteiger partial charge in [0, 0.05) is 24.8 Å². The largest absolute Gasteiger partial charge is 0.387 e. The molecule has 2 amide bonds.